The summed E-state index contributed by atoms with van der Waals surface area (Å²) in [5, 5.41) is 13.6. The molecule has 3 N–H and O–H groups in total. The number of hydrogen-bond donors (Lipinski definition) is 3. The fourth-order valence-corrected chi connectivity index (χ4v) is 4.10. The van der Waals surface area contributed by atoms with E-state index in [1.807, 2.05) is 17.0 Å². The van der Waals surface area contributed by atoms with Crippen LogP contribution < -0.4 is 5.32 Å². The molecule has 1 aromatic heterocycles. The lowest BCUT2D eigenvalue weighted by molar-refractivity contribution is -0.144. The maximum Gasteiger partial charge on any atom is 0.409 e. The lowest BCUT2D eigenvalue weighted by Gasteiger charge is -2.37. The molecular weight excluding hydrogens is 424 g/mol. The van der Waals surface area contributed by atoms with Crippen LogP contribution in [-0.4, -0.2) is 70.6 Å². The van der Waals surface area contributed by atoms with Crippen molar-refractivity contribution >= 4 is 34.6 Å². The topological polar surface area (TPSA) is 115 Å². The summed E-state index contributed by atoms with van der Waals surface area (Å²) in [5.74, 6) is -1.21. The fraction of sp³-hybridized carbons (Fsp3) is 0.292. The van der Waals surface area contributed by atoms with Crippen LogP contribution in [0.1, 0.15) is 28.9 Å². The molecule has 2 amide bonds. The lowest BCUT2D eigenvalue weighted by Crippen LogP contribution is -2.51. The van der Waals surface area contributed by atoms with Gasteiger partial charge in [0.15, 0.2) is 0 Å². The fourth-order valence-electron chi connectivity index (χ4n) is 4.10. The summed E-state index contributed by atoms with van der Waals surface area (Å²) in [4.78, 5) is 43.3. The highest BCUT2D eigenvalue weighted by atomic mass is 16.6. The number of aromatic amines is 1. The van der Waals surface area contributed by atoms with E-state index in [-0.39, 0.29) is 12.0 Å². The third kappa shape index (κ3) is 4.83. The van der Waals surface area contributed by atoms with Crippen molar-refractivity contribution in [1.29, 1.82) is 0 Å². The summed E-state index contributed by atoms with van der Waals surface area (Å²) in [6.45, 7) is 3.66. The number of aromatic nitrogens is 1. The molecule has 1 saturated heterocycles. The molecule has 1 aliphatic heterocycles. The Hall–Kier alpha value is -3.85. The normalized spacial score (nSPS) is 15.2. The van der Waals surface area contributed by atoms with Gasteiger partial charge in [-0.25, -0.2) is 4.79 Å². The van der Waals surface area contributed by atoms with Crippen LogP contribution in [0.25, 0.3) is 10.9 Å². The zero-order chi connectivity index (χ0) is 23.4. The molecule has 33 heavy (non-hydrogen) atoms. The van der Waals surface area contributed by atoms with E-state index < -0.39 is 12.0 Å². The molecule has 9 heteroatoms. The van der Waals surface area contributed by atoms with Crippen molar-refractivity contribution in [2.24, 2.45) is 0 Å². The molecule has 3 aromatic rings. The van der Waals surface area contributed by atoms with Crippen molar-refractivity contribution in [3.8, 4) is 0 Å². The number of carbonyl (C=O) groups excluding carboxylic acids is 2. The summed E-state index contributed by atoms with van der Waals surface area (Å²) in [6.07, 6.45) is 1.32. The van der Waals surface area contributed by atoms with E-state index in [1.165, 1.54) is 0 Å². The second-order valence-corrected chi connectivity index (χ2v) is 7.79. The molecule has 0 bridgehead atoms. The van der Waals surface area contributed by atoms with Gasteiger partial charge in [0.2, 0.25) is 0 Å². The van der Waals surface area contributed by atoms with E-state index >= 15 is 0 Å². The minimum atomic E-state index is -0.973. The molecule has 0 saturated carbocycles. The Bertz CT molecular complexity index is 1150. The predicted molar refractivity (Wildman–Crippen MR) is 123 cm³/mol. The number of fused-ring (bicyclic) bond motifs is 1. The monoisotopic (exact) mass is 450 g/mol. The Balaban J connectivity index is 1.55. The molecule has 0 radical (unpaired) electrons. The molecule has 4 rings (SSSR count). The van der Waals surface area contributed by atoms with Gasteiger partial charge in [-0.15, -0.1) is 0 Å². The van der Waals surface area contributed by atoms with Crippen molar-refractivity contribution < 1.29 is 24.2 Å². The Morgan fingerprint density at radius 1 is 1.09 bits per heavy atom. The van der Waals surface area contributed by atoms with E-state index in [0.717, 1.165) is 10.9 Å². The third-order valence-electron chi connectivity index (χ3n) is 5.74. The number of nitrogens with one attached hydrogen (secondary N) is 2. The smallest absolute Gasteiger partial charge is 0.409 e. The molecule has 9 nitrogen and oxygen atoms in total. The molecule has 1 atom stereocenters. The molecule has 0 spiro atoms. The summed E-state index contributed by atoms with van der Waals surface area (Å²) < 4.78 is 5.04. The summed E-state index contributed by atoms with van der Waals surface area (Å²) >= 11 is 0. The van der Waals surface area contributed by atoms with Gasteiger partial charge in [-0.2, -0.15) is 0 Å². The first-order chi connectivity index (χ1) is 16.0. The Morgan fingerprint density at radius 3 is 2.48 bits per heavy atom. The Labute approximate surface area is 190 Å². The number of aliphatic carboxylic acids is 1. The first-order valence-corrected chi connectivity index (χ1v) is 10.8. The molecule has 2 heterocycles. The number of amides is 2. The molecule has 172 valence electrons. The third-order valence-corrected chi connectivity index (χ3v) is 5.74. The van der Waals surface area contributed by atoms with Crippen LogP contribution in [0.15, 0.2) is 54.7 Å². The number of benzene rings is 2. The molecule has 1 aliphatic rings. The van der Waals surface area contributed by atoms with Crippen LogP contribution in [0, 0.1) is 0 Å². The van der Waals surface area contributed by atoms with Crippen LogP contribution in [-0.2, 0) is 9.53 Å². The van der Waals surface area contributed by atoms with Crippen LogP contribution in [0.5, 0.6) is 0 Å². The number of hydrogen-bond acceptors (Lipinski definition) is 5. The second-order valence-electron chi connectivity index (χ2n) is 7.79. The van der Waals surface area contributed by atoms with Gasteiger partial charge in [0, 0.05) is 60.1 Å². The van der Waals surface area contributed by atoms with Crippen molar-refractivity contribution in [2.45, 2.75) is 13.0 Å². The number of H-pyrrole nitrogens is 1. The number of carboxylic acids is 1. The van der Waals surface area contributed by atoms with Crippen LogP contribution >= 0.6 is 0 Å². The number of nitrogens with zero attached hydrogens (tertiary/aromatic N) is 2. The minimum absolute atomic E-state index is 0.239. The van der Waals surface area contributed by atoms with Gasteiger partial charge < -0.3 is 25.0 Å². The maximum absolute atomic E-state index is 12.5. The number of ether oxygens (including phenoxy) is 1. The average Bonchev–Trinajstić information content (AvgIpc) is 3.23. The highest BCUT2D eigenvalue weighted by Crippen LogP contribution is 2.31. The largest absolute Gasteiger partial charge is 0.480 e. The minimum Gasteiger partial charge on any atom is -0.480 e. The van der Waals surface area contributed by atoms with Gasteiger partial charge in [0.05, 0.1) is 6.61 Å². The Morgan fingerprint density at radius 2 is 1.82 bits per heavy atom. The van der Waals surface area contributed by atoms with Gasteiger partial charge in [0.25, 0.3) is 5.91 Å². The van der Waals surface area contributed by atoms with Crippen molar-refractivity contribution in [1.82, 2.24) is 14.8 Å². The van der Waals surface area contributed by atoms with E-state index in [4.69, 9.17) is 4.74 Å². The van der Waals surface area contributed by atoms with Crippen molar-refractivity contribution in [2.75, 3.05) is 38.1 Å². The molecule has 2 aromatic carbocycles. The maximum atomic E-state index is 12.5. The van der Waals surface area contributed by atoms with Gasteiger partial charge in [-0.3, -0.25) is 14.5 Å². The summed E-state index contributed by atoms with van der Waals surface area (Å²) in [5.41, 5.74) is 2.50. The SMILES string of the molecule is CCOC(=O)N1CCN([C@@H](C(=O)O)c2c[nH]c3ccc(NC(=O)c4ccccc4)cc23)CC1. The highest BCUT2D eigenvalue weighted by Gasteiger charge is 2.33. The van der Waals surface area contributed by atoms with E-state index in [9.17, 15) is 19.5 Å². The predicted octanol–water partition coefficient (Wildman–Crippen LogP) is 3.32. The zero-order valence-electron chi connectivity index (χ0n) is 18.3. The second kappa shape index (κ2) is 9.74. The number of carboxylic acid groups (broad SMARTS) is 1. The summed E-state index contributed by atoms with van der Waals surface area (Å²) in [6, 6.07) is 13.4. The number of rotatable bonds is 6. The van der Waals surface area contributed by atoms with Crippen molar-refractivity contribution in [3.63, 3.8) is 0 Å². The van der Waals surface area contributed by atoms with E-state index in [0.29, 0.717) is 49.6 Å². The lowest BCUT2D eigenvalue weighted by atomic mass is 10.0. The standard InChI is InChI=1S/C24H26N4O5/c1-2-33-24(32)28-12-10-27(11-13-28)21(23(30)31)19-15-25-20-9-8-17(14-18(19)20)26-22(29)16-6-4-3-5-7-16/h3-9,14-15,21,25H,2,10-13H2,1H3,(H,26,29)(H,30,31)/t21-/m1/s1. The summed E-state index contributed by atoms with van der Waals surface area (Å²) in [7, 11) is 0. The highest BCUT2D eigenvalue weighted by molar-refractivity contribution is 6.05. The van der Waals surface area contributed by atoms with Crippen molar-refractivity contribution in [3.05, 3.63) is 65.9 Å². The average molecular weight is 450 g/mol. The number of carbonyl (C=O) groups is 3. The quantitative estimate of drug-likeness (QED) is 0.531. The van der Waals surface area contributed by atoms with Crippen LogP contribution in [0.3, 0.4) is 0 Å². The molecule has 0 unspecified atom stereocenters. The van der Waals surface area contributed by atoms with Gasteiger partial charge in [-0.05, 0) is 37.3 Å². The molecular formula is C24H26N4O5. The van der Waals surface area contributed by atoms with Gasteiger partial charge >= 0.3 is 12.1 Å². The first-order valence-electron chi connectivity index (χ1n) is 10.8. The van der Waals surface area contributed by atoms with Crippen LogP contribution in [0.4, 0.5) is 10.5 Å². The molecule has 1 fully saturated rings. The zero-order valence-corrected chi connectivity index (χ0v) is 18.3. The first kappa shape index (κ1) is 22.3. The van der Waals surface area contributed by atoms with Gasteiger partial charge in [-0.1, -0.05) is 18.2 Å². The van der Waals surface area contributed by atoms with E-state index in [1.54, 1.807) is 54.4 Å². The molecule has 0 aliphatic carbocycles. The van der Waals surface area contributed by atoms with Crippen LogP contribution in [0.2, 0.25) is 0 Å². The Kier molecular flexibility index (Phi) is 6.60. The number of piperazine rings is 1. The number of anilines is 1. The van der Waals surface area contributed by atoms with Gasteiger partial charge in [0.1, 0.15) is 6.04 Å². The van der Waals surface area contributed by atoms with E-state index in [2.05, 4.69) is 10.3 Å².